The molecule has 3 aromatic rings. The van der Waals surface area contributed by atoms with Crippen molar-refractivity contribution in [1.29, 1.82) is 0 Å². The van der Waals surface area contributed by atoms with Crippen molar-refractivity contribution in [3.8, 4) is 0 Å². The summed E-state index contributed by atoms with van der Waals surface area (Å²) in [4.78, 5) is 24.7. The third-order valence-electron chi connectivity index (χ3n) is 4.73. The largest absolute Gasteiger partial charge is 0.388 e. The van der Waals surface area contributed by atoms with Crippen LogP contribution in [0.25, 0.3) is 11.2 Å². The monoisotopic (exact) mass is 405 g/mol. The summed E-state index contributed by atoms with van der Waals surface area (Å²) in [6.07, 6.45) is -1.01. The molecule has 0 aliphatic carbocycles. The van der Waals surface area contributed by atoms with Gasteiger partial charge in [0, 0.05) is 11.6 Å². The molecule has 1 aliphatic heterocycles. The Bertz CT molecular complexity index is 1060. The van der Waals surface area contributed by atoms with Crippen LogP contribution in [-0.2, 0) is 11.3 Å². The number of nitrogens with one attached hydrogen (secondary N) is 1. The third-order valence-corrected chi connectivity index (χ3v) is 4.73. The molecule has 29 heavy (non-hydrogen) atoms. The molecule has 1 amide bonds. The zero-order valence-electron chi connectivity index (χ0n) is 15.2. The Labute approximate surface area is 163 Å². The van der Waals surface area contributed by atoms with Crippen LogP contribution in [0.3, 0.4) is 0 Å². The minimum atomic E-state index is -1.16. The molecule has 3 N–H and O–H groups in total. The van der Waals surface area contributed by atoms with Crippen molar-refractivity contribution in [1.82, 2.24) is 24.8 Å². The Balaban J connectivity index is 1.56. The molecule has 3 heterocycles. The van der Waals surface area contributed by atoms with Gasteiger partial charge in [-0.15, -0.1) is 0 Å². The van der Waals surface area contributed by atoms with Gasteiger partial charge in [-0.05, 0) is 19.1 Å². The first-order chi connectivity index (χ1) is 13.8. The van der Waals surface area contributed by atoms with E-state index >= 15 is 0 Å². The van der Waals surface area contributed by atoms with Crippen molar-refractivity contribution < 1.29 is 28.5 Å². The Morgan fingerprint density at radius 1 is 1.17 bits per heavy atom. The van der Waals surface area contributed by atoms with E-state index in [2.05, 4.69) is 20.3 Å². The number of carbonyl (C=O) groups excluding carboxylic acids is 1. The van der Waals surface area contributed by atoms with Crippen LogP contribution >= 0.6 is 0 Å². The van der Waals surface area contributed by atoms with E-state index in [1.54, 1.807) is 6.92 Å². The van der Waals surface area contributed by atoms with E-state index in [-0.39, 0.29) is 12.1 Å². The molecular formula is C18H17F2N5O4. The number of benzene rings is 1. The number of hydrogen-bond donors (Lipinski definition) is 3. The number of amides is 1. The van der Waals surface area contributed by atoms with Gasteiger partial charge in [-0.25, -0.2) is 23.7 Å². The van der Waals surface area contributed by atoms with E-state index < -0.39 is 42.1 Å². The standard InChI is InChI=1S/C18H17F2N5O4/c1-8-14(26)15(27)18(29-8)25-7-24-13-12(22-6-23-16(13)25)5-21-17(28)9-2-10(19)4-11(20)3-9/h2-4,6-8,14-15,18,26-27H,5H2,1H3,(H,21,28)/t8-,14-,15-,18-/m1/s1. The number of halogens is 2. The number of fused-ring (bicyclic) bond motifs is 1. The molecular weight excluding hydrogens is 388 g/mol. The number of rotatable bonds is 4. The smallest absolute Gasteiger partial charge is 0.251 e. The lowest BCUT2D eigenvalue weighted by molar-refractivity contribution is -0.0299. The first-order valence-corrected chi connectivity index (χ1v) is 8.77. The summed E-state index contributed by atoms with van der Waals surface area (Å²) >= 11 is 0. The molecule has 0 spiro atoms. The summed E-state index contributed by atoms with van der Waals surface area (Å²) in [6, 6.07) is 2.52. The highest BCUT2D eigenvalue weighted by Crippen LogP contribution is 2.31. The molecule has 1 fully saturated rings. The maximum atomic E-state index is 13.3. The van der Waals surface area contributed by atoms with Crippen molar-refractivity contribution in [2.75, 3.05) is 0 Å². The number of imidazole rings is 1. The summed E-state index contributed by atoms with van der Waals surface area (Å²) in [5.41, 5.74) is 0.887. The summed E-state index contributed by atoms with van der Waals surface area (Å²) in [6.45, 7) is 1.57. The second-order valence-electron chi connectivity index (χ2n) is 6.70. The topological polar surface area (TPSA) is 122 Å². The molecule has 1 aromatic carbocycles. The van der Waals surface area contributed by atoms with E-state index in [4.69, 9.17) is 4.74 Å². The Hall–Kier alpha value is -3.02. The Kier molecular flexibility index (Phi) is 4.94. The molecule has 0 bridgehead atoms. The highest BCUT2D eigenvalue weighted by molar-refractivity contribution is 5.94. The Morgan fingerprint density at radius 2 is 1.90 bits per heavy atom. The molecule has 11 heteroatoms. The maximum Gasteiger partial charge on any atom is 0.251 e. The lowest BCUT2D eigenvalue weighted by atomic mass is 10.1. The highest BCUT2D eigenvalue weighted by atomic mass is 19.1. The van der Waals surface area contributed by atoms with E-state index in [0.29, 0.717) is 22.9 Å². The van der Waals surface area contributed by atoms with Crippen LogP contribution in [0.15, 0.2) is 30.9 Å². The second kappa shape index (κ2) is 7.43. The fraction of sp³-hybridized carbons (Fsp3) is 0.333. The number of aliphatic hydroxyl groups is 2. The predicted molar refractivity (Wildman–Crippen MR) is 94.4 cm³/mol. The summed E-state index contributed by atoms with van der Waals surface area (Å²) in [5, 5.41) is 22.6. The van der Waals surface area contributed by atoms with Crippen LogP contribution in [0.4, 0.5) is 8.78 Å². The van der Waals surface area contributed by atoms with Crippen molar-refractivity contribution in [2.45, 2.75) is 38.0 Å². The zero-order valence-corrected chi connectivity index (χ0v) is 15.2. The summed E-state index contributed by atoms with van der Waals surface area (Å²) in [7, 11) is 0. The second-order valence-corrected chi connectivity index (χ2v) is 6.70. The molecule has 0 unspecified atom stereocenters. The summed E-state index contributed by atoms with van der Waals surface area (Å²) in [5.74, 6) is -2.39. The van der Waals surface area contributed by atoms with Gasteiger partial charge in [-0.3, -0.25) is 9.36 Å². The minimum Gasteiger partial charge on any atom is -0.388 e. The first-order valence-electron chi connectivity index (χ1n) is 8.77. The van der Waals surface area contributed by atoms with E-state index in [9.17, 15) is 23.8 Å². The van der Waals surface area contributed by atoms with Gasteiger partial charge >= 0.3 is 0 Å². The van der Waals surface area contributed by atoms with Gasteiger partial charge in [0.15, 0.2) is 11.9 Å². The van der Waals surface area contributed by atoms with Gasteiger partial charge in [-0.2, -0.15) is 0 Å². The number of hydrogen-bond acceptors (Lipinski definition) is 7. The van der Waals surface area contributed by atoms with Crippen LogP contribution in [0.1, 0.15) is 29.2 Å². The van der Waals surface area contributed by atoms with Crippen molar-refractivity contribution in [2.24, 2.45) is 0 Å². The fourth-order valence-electron chi connectivity index (χ4n) is 3.22. The number of ether oxygens (including phenoxy) is 1. The van der Waals surface area contributed by atoms with Crippen molar-refractivity contribution in [3.63, 3.8) is 0 Å². The van der Waals surface area contributed by atoms with Crippen LogP contribution in [0.5, 0.6) is 0 Å². The number of nitrogens with zero attached hydrogens (tertiary/aromatic N) is 4. The lowest BCUT2D eigenvalue weighted by Crippen LogP contribution is -2.30. The molecule has 1 aliphatic rings. The molecule has 1 saturated heterocycles. The van der Waals surface area contributed by atoms with E-state index in [1.807, 2.05) is 0 Å². The van der Waals surface area contributed by atoms with Crippen LogP contribution < -0.4 is 5.32 Å². The van der Waals surface area contributed by atoms with Crippen LogP contribution in [-0.4, -0.2) is 54.0 Å². The number of aromatic nitrogens is 4. The van der Waals surface area contributed by atoms with Gasteiger partial charge < -0.3 is 20.3 Å². The van der Waals surface area contributed by atoms with Gasteiger partial charge in [0.05, 0.1) is 24.7 Å². The number of carbonyl (C=O) groups is 1. The van der Waals surface area contributed by atoms with Gasteiger partial charge in [0.1, 0.15) is 35.7 Å². The molecule has 9 nitrogen and oxygen atoms in total. The maximum absolute atomic E-state index is 13.3. The normalized spacial score (nSPS) is 24.2. The third kappa shape index (κ3) is 3.55. The van der Waals surface area contributed by atoms with E-state index in [1.165, 1.54) is 17.2 Å². The average molecular weight is 405 g/mol. The van der Waals surface area contributed by atoms with Crippen molar-refractivity contribution in [3.05, 3.63) is 53.7 Å². The molecule has 0 saturated carbocycles. The van der Waals surface area contributed by atoms with Crippen LogP contribution in [0.2, 0.25) is 0 Å². The zero-order chi connectivity index (χ0) is 20.7. The minimum absolute atomic E-state index is 0.0693. The fourth-order valence-corrected chi connectivity index (χ4v) is 3.22. The SMILES string of the molecule is C[C@H]1O[C@@H](n2cnc3c(CNC(=O)c4cc(F)cc(F)c4)ncnc32)[C@H](O)[C@@H]1O. The predicted octanol–water partition coefficient (Wildman–Crippen LogP) is 0.674. The lowest BCUT2D eigenvalue weighted by Gasteiger charge is -2.16. The first kappa shape index (κ1) is 19.3. The number of aliphatic hydroxyl groups excluding tert-OH is 2. The van der Waals surface area contributed by atoms with E-state index in [0.717, 1.165) is 12.1 Å². The quantitative estimate of drug-likeness (QED) is 0.583. The molecule has 152 valence electrons. The van der Waals surface area contributed by atoms with Gasteiger partial charge in [0.25, 0.3) is 5.91 Å². The highest BCUT2D eigenvalue weighted by Gasteiger charge is 2.42. The summed E-state index contributed by atoms with van der Waals surface area (Å²) < 4.78 is 33.6. The molecule has 0 radical (unpaired) electrons. The molecule has 4 atom stereocenters. The van der Waals surface area contributed by atoms with Crippen LogP contribution in [0, 0.1) is 11.6 Å². The van der Waals surface area contributed by atoms with Gasteiger partial charge in [0.2, 0.25) is 0 Å². The van der Waals surface area contributed by atoms with Gasteiger partial charge in [-0.1, -0.05) is 0 Å². The molecule has 2 aromatic heterocycles. The Morgan fingerprint density at radius 3 is 2.55 bits per heavy atom. The average Bonchev–Trinajstić information content (AvgIpc) is 3.22. The van der Waals surface area contributed by atoms with Crippen molar-refractivity contribution >= 4 is 17.1 Å². The molecule has 4 rings (SSSR count).